The van der Waals surface area contributed by atoms with Crippen molar-refractivity contribution in [3.8, 4) is 0 Å². The van der Waals surface area contributed by atoms with Crippen molar-refractivity contribution >= 4 is 23.2 Å². The van der Waals surface area contributed by atoms with E-state index in [0.717, 1.165) is 12.1 Å². The van der Waals surface area contributed by atoms with Gasteiger partial charge in [-0.3, -0.25) is 4.79 Å². The van der Waals surface area contributed by atoms with E-state index in [-0.39, 0.29) is 0 Å². The molecule has 6 heteroatoms. The van der Waals surface area contributed by atoms with E-state index < -0.39 is 23.1 Å². The molecule has 0 unspecified atom stereocenters. The molecule has 1 amide bonds. The molecule has 1 aromatic carbocycles. The van der Waals surface area contributed by atoms with Gasteiger partial charge in [0.15, 0.2) is 0 Å². The highest BCUT2D eigenvalue weighted by Gasteiger charge is 2.17. The number of halogens is 3. The third-order valence-electron chi connectivity index (χ3n) is 2.46. The zero-order valence-corrected chi connectivity index (χ0v) is 10.6. The number of pyridine rings is 1. The van der Waals surface area contributed by atoms with Gasteiger partial charge in [0.05, 0.1) is 11.9 Å². The monoisotopic (exact) mass is 282 g/mol. The third kappa shape index (κ3) is 2.88. The third-order valence-corrected chi connectivity index (χ3v) is 2.86. The lowest BCUT2D eigenvalue weighted by Crippen LogP contribution is -2.16. The van der Waals surface area contributed by atoms with Crippen LogP contribution in [0.5, 0.6) is 0 Å². The Kier molecular flexibility index (Phi) is 3.76. The first-order chi connectivity index (χ1) is 8.99. The van der Waals surface area contributed by atoms with Crippen molar-refractivity contribution in [2.45, 2.75) is 6.92 Å². The van der Waals surface area contributed by atoms with Crippen molar-refractivity contribution < 1.29 is 13.6 Å². The standard InChI is InChI=1S/C13H9ClF2N2O/c1-7-5-8(6-17-12(7)14)18-13(19)11-9(15)3-2-4-10(11)16/h2-6H,1H3,(H,18,19). The number of carbonyl (C=O) groups excluding carboxylic acids is 1. The molecule has 1 N–H and O–H groups in total. The highest BCUT2D eigenvalue weighted by atomic mass is 35.5. The summed E-state index contributed by atoms with van der Waals surface area (Å²) in [5, 5.41) is 2.67. The number of benzene rings is 1. The number of aryl methyl sites for hydroxylation is 1. The predicted molar refractivity (Wildman–Crippen MR) is 68.3 cm³/mol. The fourth-order valence-corrected chi connectivity index (χ4v) is 1.64. The van der Waals surface area contributed by atoms with Crippen molar-refractivity contribution in [3.63, 3.8) is 0 Å². The number of amides is 1. The van der Waals surface area contributed by atoms with Gasteiger partial charge in [0.2, 0.25) is 0 Å². The minimum Gasteiger partial charge on any atom is -0.320 e. The summed E-state index contributed by atoms with van der Waals surface area (Å²) in [7, 11) is 0. The Balaban J connectivity index is 2.28. The maximum absolute atomic E-state index is 13.4. The lowest BCUT2D eigenvalue weighted by Gasteiger charge is -2.07. The second kappa shape index (κ2) is 5.32. The number of anilines is 1. The van der Waals surface area contributed by atoms with Gasteiger partial charge in [-0.05, 0) is 30.7 Å². The zero-order chi connectivity index (χ0) is 14.0. The maximum atomic E-state index is 13.4. The van der Waals surface area contributed by atoms with Crippen LogP contribution < -0.4 is 5.32 Å². The molecule has 1 heterocycles. The van der Waals surface area contributed by atoms with Crippen LogP contribution in [-0.2, 0) is 0 Å². The highest BCUT2D eigenvalue weighted by molar-refractivity contribution is 6.30. The van der Waals surface area contributed by atoms with Crippen LogP contribution in [-0.4, -0.2) is 10.9 Å². The average molecular weight is 283 g/mol. The van der Waals surface area contributed by atoms with Gasteiger partial charge in [0.25, 0.3) is 5.91 Å². The van der Waals surface area contributed by atoms with Gasteiger partial charge in [0.1, 0.15) is 22.4 Å². The van der Waals surface area contributed by atoms with Crippen LogP contribution in [0.25, 0.3) is 0 Å². The SMILES string of the molecule is Cc1cc(NC(=O)c2c(F)cccc2F)cnc1Cl. The number of nitrogens with zero attached hydrogens (tertiary/aromatic N) is 1. The Morgan fingerprint density at radius 2 is 1.95 bits per heavy atom. The first kappa shape index (κ1) is 13.4. The van der Waals surface area contributed by atoms with E-state index in [2.05, 4.69) is 10.3 Å². The second-order valence-electron chi connectivity index (χ2n) is 3.88. The molecule has 0 spiro atoms. The molecule has 2 aromatic rings. The Labute approximate surface area is 113 Å². The molecule has 0 radical (unpaired) electrons. The van der Waals surface area contributed by atoms with E-state index in [9.17, 15) is 13.6 Å². The number of carbonyl (C=O) groups is 1. The van der Waals surface area contributed by atoms with Gasteiger partial charge in [-0.25, -0.2) is 13.8 Å². The summed E-state index contributed by atoms with van der Waals surface area (Å²) in [4.78, 5) is 15.6. The van der Waals surface area contributed by atoms with E-state index in [1.807, 2.05) is 0 Å². The molecular formula is C13H9ClF2N2O. The van der Waals surface area contributed by atoms with Gasteiger partial charge in [-0.15, -0.1) is 0 Å². The predicted octanol–water partition coefficient (Wildman–Crippen LogP) is 3.57. The molecule has 0 aliphatic heterocycles. The van der Waals surface area contributed by atoms with E-state index in [4.69, 9.17) is 11.6 Å². The Bertz CT molecular complexity index is 626. The molecule has 1 aromatic heterocycles. The fourth-order valence-electron chi connectivity index (χ4n) is 1.53. The molecule has 98 valence electrons. The molecule has 0 saturated heterocycles. The minimum atomic E-state index is -0.920. The summed E-state index contributed by atoms with van der Waals surface area (Å²) < 4.78 is 26.8. The molecule has 2 rings (SSSR count). The topological polar surface area (TPSA) is 42.0 Å². The van der Waals surface area contributed by atoms with E-state index in [1.165, 1.54) is 12.3 Å². The van der Waals surface area contributed by atoms with Gasteiger partial charge in [-0.2, -0.15) is 0 Å². The molecule has 3 nitrogen and oxygen atoms in total. The Morgan fingerprint density at radius 3 is 2.53 bits per heavy atom. The van der Waals surface area contributed by atoms with Gasteiger partial charge < -0.3 is 5.32 Å². The summed E-state index contributed by atoms with van der Waals surface area (Å²) in [6.07, 6.45) is 1.31. The molecule has 0 fully saturated rings. The van der Waals surface area contributed by atoms with Crippen molar-refractivity contribution in [1.82, 2.24) is 4.98 Å². The van der Waals surface area contributed by atoms with Crippen LogP contribution in [0.15, 0.2) is 30.5 Å². The van der Waals surface area contributed by atoms with Crippen LogP contribution in [0.3, 0.4) is 0 Å². The average Bonchev–Trinajstić information content (AvgIpc) is 2.33. The van der Waals surface area contributed by atoms with Crippen molar-refractivity contribution in [2.75, 3.05) is 5.32 Å². The summed E-state index contributed by atoms with van der Waals surface area (Å²) in [5.41, 5.74) is 0.332. The lowest BCUT2D eigenvalue weighted by molar-refractivity contribution is 0.101. The molecule has 0 atom stereocenters. The molecule has 0 aliphatic carbocycles. The van der Waals surface area contributed by atoms with Crippen LogP contribution in [0.4, 0.5) is 14.5 Å². The van der Waals surface area contributed by atoms with E-state index in [1.54, 1.807) is 13.0 Å². The maximum Gasteiger partial charge on any atom is 0.261 e. The van der Waals surface area contributed by atoms with Crippen molar-refractivity contribution in [3.05, 3.63) is 58.4 Å². The van der Waals surface area contributed by atoms with Crippen LogP contribution in [0.1, 0.15) is 15.9 Å². The minimum absolute atomic E-state index is 0.301. The molecule has 0 aliphatic rings. The summed E-state index contributed by atoms with van der Waals surface area (Å²) in [6.45, 7) is 1.70. The lowest BCUT2D eigenvalue weighted by atomic mass is 10.2. The van der Waals surface area contributed by atoms with Crippen LogP contribution in [0, 0.1) is 18.6 Å². The second-order valence-corrected chi connectivity index (χ2v) is 4.24. The molecule has 19 heavy (non-hydrogen) atoms. The Hall–Kier alpha value is -2.01. The van der Waals surface area contributed by atoms with Crippen molar-refractivity contribution in [2.24, 2.45) is 0 Å². The summed E-state index contributed by atoms with van der Waals surface area (Å²) in [5.74, 6) is -2.72. The molecule has 0 bridgehead atoms. The number of aromatic nitrogens is 1. The summed E-state index contributed by atoms with van der Waals surface area (Å²) >= 11 is 5.74. The highest BCUT2D eigenvalue weighted by Crippen LogP contribution is 2.18. The fraction of sp³-hybridized carbons (Fsp3) is 0.0769. The van der Waals surface area contributed by atoms with Gasteiger partial charge in [0, 0.05) is 0 Å². The van der Waals surface area contributed by atoms with Crippen LogP contribution in [0.2, 0.25) is 5.15 Å². The van der Waals surface area contributed by atoms with Gasteiger partial charge in [-0.1, -0.05) is 17.7 Å². The number of hydrogen-bond donors (Lipinski definition) is 1. The first-order valence-electron chi connectivity index (χ1n) is 5.36. The normalized spacial score (nSPS) is 10.3. The van der Waals surface area contributed by atoms with Crippen molar-refractivity contribution in [1.29, 1.82) is 0 Å². The number of hydrogen-bond acceptors (Lipinski definition) is 2. The number of nitrogens with one attached hydrogen (secondary N) is 1. The first-order valence-corrected chi connectivity index (χ1v) is 5.74. The zero-order valence-electron chi connectivity index (χ0n) is 9.88. The largest absolute Gasteiger partial charge is 0.320 e. The Morgan fingerprint density at radius 1 is 1.32 bits per heavy atom. The van der Waals surface area contributed by atoms with E-state index in [0.29, 0.717) is 16.4 Å². The molecular weight excluding hydrogens is 274 g/mol. The summed E-state index contributed by atoms with van der Waals surface area (Å²) in [6, 6.07) is 4.79. The smallest absolute Gasteiger partial charge is 0.261 e. The van der Waals surface area contributed by atoms with Gasteiger partial charge >= 0.3 is 0 Å². The molecule has 0 saturated carbocycles. The van der Waals surface area contributed by atoms with Crippen LogP contribution >= 0.6 is 11.6 Å². The quantitative estimate of drug-likeness (QED) is 0.856. The number of rotatable bonds is 2. The van der Waals surface area contributed by atoms with E-state index >= 15 is 0 Å².